The van der Waals surface area contributed by atoms with Crippen LogP contribution in [0, 0.1) is 0 Å². The van der Waals surface area contributed by atoms with Crippen molar-refractivity contribution in [1.29, 1.82) is 0 Å². The third kappa shape index (κ3) is 7.15. The van der Waals surface area contributed by atoms with Gasteiger partial charge in [0, 0.05) is 0 Å². The average molecular weight is 385 g/mol. The second-order valence-corrected chi connectivity index (χ2v) is 7.32. The van der Waals surface area contributed by atoms with Gasteiger partial charge in [-0.1, -0.05) is 65.2 Å². The zero-order valence-electron chi connectivity index (χ0n) is 14.8. The Balaban J connectivity index is 2.66. The van der Waals surface area contributed by atoms with Gasteiger partial charge in [-0.2, -0.15) is 0 Å². The van der Waals surface area contributed by atoms with Gasteiger partial charge in [-0.05, 0) is 58.8 Å². The number of benzene rings is 1. The molecular weight excluding hydrogens is 352 g/mol. The van der Waals surface area contributed by atoms with E-state index in [0.717, 1.165) is 25.7 Å². The van der Waals surface area contributed by atoms with Crippen molar-refractivity contribution in [2.75, 3.05) is 0 Å². The number of hydrogen-bond acceptors (Lipinski definition) is 2. The first-order chi connectivity index (χ1) is 11.1. The number of unbranched alkanes of at least 4 members (excludes halogenated alkanes) is 8. The van der Waals surface area contributed by atoms with E-state index < -0.39 is 0 Å². The lowest BCUT2D eigenvalue weighted by molar-refractivity contribution is 0.399. The van der Waals surface area contributed by atoms with Crippen LogP contribution in [0.3, 0.4) is 0 Å². The molecule has 0 fully saturated rings. The number of aromatic hydroxyl groups is 2. The topological polar surface area (TPSA) is 40.5 Å². The van der Waals surface area contributed by atoms with Crippen molar-refractivity contribution < 1.29 is 10.2 Å². The van der Waals surface area contributed by atoms with Crippen LogP contribution in [-0.4, -0.2) is 10.2 Å². The summed E-state index contributed by atoms with van der Waals surface area (Å²) in [5, 5.41) is 19.9. The third-order valence-electron chi connectivity index (χ3n) is 4.49. The van der Waals surface area contributed by atoms with Crippen LogP contribution in [0.4, 0.5) is 0 Å². The Morgan fingerprint density at radius 2 is 1.30 bits per heavy atom. The summed E-state index contributed by atoms with van der Waals surface area (Å²) in [6.07, 6.45) is 14.4. The van der Waals surface area contributed by atoms with E-state index >= 15 is 0 Å². The molecule has 23 heavy (non-hydrogen) atoms. The minimum absolute atomic E-state index is 0.00448. The van der Waals surface area contributed by atoms with E-state index in [2.05, 4.69) is 29.8 Å². The van der Waals surface area contributed by atoms with E-state index in [0.29, 0.717) is 4.47 Å². The summed E-state index contributed by atoms with van der Waals surface area (Å²) in [6, 6.07) is 1.77. The SMILES string of the molecule is CCCCCCCc1cc(O)c(O)c(Br)c1CCCCCCC. The predicted octanol–water partition coefficient (Wildman–Crippen LogP) is 6.89. The van der Waals surface area contributed by atoms with Crippen LogP contribution in [0.15, 0.2) is 10.5 Å². The fourth-order valence-corrected chi connectivity index (χ4v) is 3.69. The maximum Gasteiger partial charge on any atom is 0.172 e. The maximum atomic E-state index is 10.00. The van der Waals surface area contributed by atoms with Gasteiger partial charge in [-0.15, -0.1) is 0 Å². The molecule has 0 heterocycles. The van der Waals surface area contributed by atoms with E-state index in [1.54, 1.807) is 6.07 Å². The molecule has 0 amide bonds. The number of rotatable bonds is 12. The summed E-state index contributed by atoms with van der Waals surface area (Å²) < 4.78 is 0.691. The lowest BCUT2D eigenvalue weighted by Crippen LogP contribution is -1.98. The smallest absolute Gasteiger partial charge is 0.172 e. The van der Waals surface area contributed by atoms with E-state index in [4.69, 9.17) is 0 Å². The summed E-state index contributed by atoms with van der Waals surface area (Å²) in [6.45, 7) is 4.46. The molecule has 0 aliphatic rings. The number of halogens is 1. The normalized spacial score (nSPS) is 11.1. The largest absolute Gasteiger partial charge is 0.504 e. The van der Waals surface area contributed by atoms with Crippen LogP contribution in [-0.2, 0) is 12.8 Å². The number of aryl methyl sites for hydroxylation is 1. The number of phenols is 2. The fraction of sp³-hybridized carbons (Fsp3) is 0.700. The van der Waals surface area contributed by atoms with Gasteiger partial charge in [0.1, 0.15) is 0 Å². The molecule has 0 unspecified atom stereocenters. The monoisotopic (exact) mass is 384 g/mol. The van der Waals surface area contributed by atoms with Gasteiger partial charge in [-0.25, -0.2) is 0 Å². The summed E-state index contributed by atoms with van der Waals surface area (Å²) in [5.74, 6) is -0.0153. The second-order valence-electron chi connectivity index (χ2n) is 6.52. The summed E-state index contributed by atoms with van der Waals surface area (Å²) in [7, 11) is 0. The molecule has 132 valence electrons. The molecule has 1 aromatic carbocycles. The lowest BCUT2D eigenvalue weighted by atomic mass is 9.95. The highest BCUT2D eigenvalue weighted by molar-refractivity contribution is 9.10. The molecule has 0 saturated carbocycles. The van der Waals surface area contributed by atoms with Gasteiger partial charge >= 0.3 is 0 Å². The van der Waals surface area contributed by atoms with Crippen LogP contribution in [0.2, 0.25) is 0 Å². The van der Waals surface area contributed by atoms with Crippen LogP contribution in [0.25, 0.3) is 0 Å². The van der Waals surface area contributed by atoms with Crippen molar-refractivity contribution in [2.24, 2.45) is 0 Å². The molecular formula is C20H33BrO2. The molecule has 0 saturated heterocycles. The van der Waals surface area contributed by atoms with Gasteiger partial charge in [0.2, 0.25) is 0 Å². The van der Waals surface area contributed by atoms with Gasteiger partial charge in [0.25, 0.3) is 0 Å². The molecule has 2 N–H and O–H groups in total. The van der Waals surface area contributed by atoms with Crippen molar-refractivity contribution in [3.8, 4) is 11.5 Å². The van der Waals surface area contributed by atoms with Gasteiger partial charge in [0.15, 0.2) is 11.5 Å². The molecule has 3 heteroatoms. The molecule has 0 aromatic heterocycles. The molecule has 0 spiro atoms. The first-order valence-electron chi connectivity index (χ1n) is 9.33. The van der Waals surface area contributed by atoms with E-state index in [-0.39, 0.29) is 11.5 Å². The molecule has 0 aliphatic heterocycles. The molecule has 2 nitrogen and oxygen atoms in total. The quantitative estimate of drug-likeness (QED) is 0.304. The van der Waals surface area contributed by atoms with Gasteiger partial charge in [0.05, 0.1) is 4.47 Å². The van der Waals surface area contributed by atoms with Crippen molar-refractivity contribution in [1.82, 2.24) is 0 Å². The molecule has 0 atom stereocenters. The minimum Gasteiger partial charge on any atom is -0.504 e. The van der Waals surface area contributed by atoms with Crippen molar-refractivity contribution in [2.45, 2.75) is 90.9 Å². The maximum absolute atomic E-state index is 10.00. The zero-order valence-corrected chi connectivity index (χ0v) is 16.4. The highest BCUT2D eigenvalue weighted by atomic mass is 79.9. The Hall–Kier alpha value is -0.700. The molecule has 1 rings (SSSR count). The average Bonchev–Trinajstić information content (AvgIpc) is 2.54. The minimum atomic E-state index is -0.0108. The van der Waals surface area contributed by atoms with E-state index in [1.807, 2.05) is 0 Å². The standard InChI is InChI=1S/C20H33BrO2/c1-3-5-7-9-11-13-16-15-18(22)20(23)19(21)17(16)14-12-10-8-6-4-2/h15,22-23H,3-14H2,1-2H3. The molecule has 0 radical (unpaired) electrons. The Morgan fingerprint density at radius 3 is 1.87 bits per heavy atom. The lowest BCUT2D eigenvalue weighted by Gasteiger charge is -2.14. The Kier molecular flexibility index (Phi) is 10.4. The first kappa shape index (κ1) is 20.3. The van der Waals surface area contributed by atoms with Crippen molar-refractivity contribution >= 4 is 15.9 Å². The third-order valence-corrected chi connectivity index (χ3v) is 5.35. The zero-order chi connectivity index (χ0) is 17.1. The molecule has 0 bridgehead atoms. The van der Waals surface area contributed by atoms with Crippen molar-refractivity contribution in [3.05, 3.63) is 21.7 Å². The Morgan fingerprint density at radius 1 is 0.783 bits per heavy atom. The Bertz CT molecular complexity index is 457. The van der Waals surface area contributed by atoms with Crippen molar-refractivity contribution in [3.63, 3.8) is 0 Å². The predicted molar refractivity (Wildman–Crippen MR) is 102 cm³/mol. The van der Waals surface area contributed by atoms with E-state index in [1.165, 1.54) is 62.5 Å². The number of phenolic OH excluding ortho intramolecular Hbond substituents is 2. The molecule has 0 aliphatic carbocycles. The number of hydrogen-bond donors (Lipinski definition) is 2. The highest BCUT2D eigenvalue weighted by Crippen LogP contribution is 2.39. The van der Waals surface area contributed by atoms with Crippen LogP contribution < -0.4 is 0 Å². The van der Waals surface area contributed by atoms with E-state index in [9.17, 15) is 10.2 Å². The molecule has 1 aromatic rings. The fourth-order valence-electron chi connectivity index (χ4n) is 3.03. The van der Waals surface area contributed by atoms with Gasteiger partial charge < -0.3 is 10.2 Å². The Labute approximate surface area is 150 Å². The summed E-state index contributed by atoms with van der Waals surface area (Å²) >= 11 is 3.49. The first-order valence-corrected chi connectivity index (χ1v) is 10.1. The summed E-state index contributed by atoms with van der Waals surface area (Å²) in [4.78, 5) is 0. The van der Waals surface area contributed by atoms with Crippen LogP contribution in [0.5, 0.6) is 11.5 Å². The second kappa shape index (κ2) is 11.8. The van der Waals surface area contributed by atoms with Crippen LogP contribution in [0.1, 0.15) is 89.2 Å². The van der Waals surface area contributed by atoms with Crippen LogP contribution >= 0.6 is 15.9 Å². The van der Waals surface area contributed by atoms with Gasteiger partial charge in [-0.3, -0.25) is 0 Å². The summed E-state index contributed by atoms with van der Waals surface area (Å²) in [5.41, 5.74) is 2.38. The highest BCUT2D eigenvalue weighted by Gasteiger charge is 2.15.